The van der Waals surface area contributed by atoms with Gasteiger partial charge in [-0.15, -0.1) is 0 Å². The number of ether oxygens (including phenoxy) is 2. The van der Waals surface area contributed by atoms with Crippen LogP contribution in [0.1, 0.15) is 16.7 Å². The summed E-state index contributed by atoms with van der Waals surface area (Å²) in [6.07, 6.45) is 0.234. The molecule has 2 atom stereocenters. The van der Waals surface area contributed by atoms with Gasteiger partial charge in [-0.2, -0.15) is 0 Å². The molecule has 0 aliphatic rings. The van der Waals surface area contributed by atoms with Crippen LogP contribution in [0, 0.1) is 0 Å². The Morgan fingerprint density at radius 1 is 0.551 bits per heavy atom. The first-order valence-electron chi connectivity index (χ1n) is 16.2. The van der Waals surface area contributed by atoms with Gasteiger partial charge in [-0.3, -0.25) is 0 Å². The maximum atomic E-state index is 9.69. The molecule has 248 valence electrons. The second kappa shape index (κ2) is 16.1. The fourth-order valence-electron chi connectivity index (χ4n) is 5.58. The van der Waals surface area contributed by atoms with Crippen molar-refractivity contribution < 1.29 is 29.9 Å². The van der Waals surface area contributed by atoms with Crippen LogP contribution in [0.4, 0.5) is 17.1 Å². The number of aliphatic hydroxyl groups is 4. The molecule has 6 rings (SSSR count). The minimum Gasteiger partial charge on any atom is -0.491 e. The van der Waals surface area contributed by atoms with Crippen molar-refractivity contribution in [3.8, 4) is 11.5 Å². The van der Waals surface area contributed by atoms with Gasteiger partial charge in [0, 0.05) is 16.8 Å². The van der Waals surface area contributed by atoms with Gasteiger partial charge in [0.15, 0.2) is 0 Å². The zero-order valence-electron chi connectivity index (χ0n) is 27.0. The number of benzene rings is 6. The third-order valence-corrected chi connectivity index (χ3v) is 8.12. The van der Waals surface area contributed by atoms with Crippen molar-refractivity contribution in [2.24, 2.45) is 0 Å². The van der Waals surface area contributed by atoms with Crippen LogP contribution in [0.3, 0.4) is 0 Å². The molecule has 0 radical (unpaired) electrons. The zero-order chi connectivity index (χ0) is 34.0. The highest BCUT2D eigenvalue weighted by molar-refractivity contribution is 5.99. The van der Waals surface area contributed by atoms with Crippen LogP contribution >= 0.6 is 0 Å². The molecular weight excluding hydrogens is 614 g/mol. The first kappa shape index (κ1) is 33.5. The molecule has 7 nitrogen and oxygen atoms in total. The monoisotopic (exact) mass is 653 g/mol. The van der Waals surface area contributed by atoms with E-state index in [1.165, 1.54) is 5.39 Å². The maximum Gasteiger partial charge on any atom is 0.119 e. The van der Waals surface area contributed by atoms with Crippen LogP contribution in [0.5, 0.6) is 11.5 Å². The van der Waals surface area contributed by atoms with Crippen molar-refractivity contribution in [2.75, 3.05) is 31.3 Å². The number of anilines is 3. The minimum absolute atomic E-state index is 0.00386. The standard InChI is InChI=1S/C42H39NO6/c44-26-36(46)28-48-38-21-15-32(16-22-38)41(33-17-23-39(24-18-33)49-29-37(47)27-45)25-30-13-19-35(20-14-30)43(34-9-2-1-3-10-34)42-12-6-8-31-7-4-5-11-40(31)42/h1-25,36-37,44-47H,26-29H2. The summed E-state index contributed by atoms with van der Waals surface area (Å²) in [6.45, 7) is -0.743. The molecule has 2 unspecified atom stereocenters. The Morgan fingerprint density at radius 3 is 1.63 bits per heavy atom. The lowest BCUT2D eigenvalue weighted by atomic mass is 9.95. The number of para-hydroxylation sites is 1. The van der Waals surface area contributed by atoms with Crippen LogP contribution in [0.25, 0.3) is 22.4 Å². The van der Waals surface area contributed by atoms with E-state index in [0.717, 1.165) is 44.7 Å². The summed E-state index contributed by atoms with van der Waals surface area (Å²) >= 11 is 0. The van der Waals surface area contributed by atoms with Gasteiger partial charge in [-0.1, -0.05) is 91.0 Å². The van der Waals surface area contributed by atoms with Crippen molar-refractivity contribution in [1.82, 2.24) is 0 Å². The molecule has 0 saturated carbocycles. The van der Waals surface area contributed by atoms with Gasteiger partial charge in [0.25, 0.3) is 0 Å². The molecule has 0 amide bonds. The van der Waals surface area contributed by atoms with E-state index in [2.05, 4.69) is 89.8 Å². The molecule has 0 fully saturated rings. The lowest BCUT2D eigenvalue weighted by molar-refractivity contribution is 0.0536. The van der Waals surface area contributed by atoms with Crippen LogP contribution in [-0.2, 0) is 0 Å². The highest BCUT2D eigenvalue weighted by Gasteiger charge is 2.15. The van der Waals surface area contributed by atoms with Gasteiger partial charge in [-0.05, 0) is 88.3 Å². The SMILES string of the molecule is OCC(O)COc1ccc(C(=Cc2ccc(N(c3ccccc3)c3cccc4ccccc34)cc2)c2ccc(OCC(O)CO)cc2)cc1. The van der Waals surface area contributed by atoms with E-state index in [0.29, 0.717) is 11.5 Å². The minimum atomic E-state index is -0.948. The van der Waals surface area contributed by atoms with Crippen LogP contribution in [-0.4, -0.2) is 59.1 Å². The summed E-state index contributed by atoms with van der Waals surface area (Å²) in [4.78, 5) is 2.27. The molecule has 0 aliphatic carbocycles. The van der Waals surface area contributed by atoms with E-state index in [-0.39, 0.29) is 26.4 Å². The van der Waals surface area contributed by atoms with E-state index in [9.17, 15) is 10.2 Å². The summed E-state index contributed by atoms with van der Waals surface area (Å²) in [5.41, 5.74) is 7.05. The van der Waals surface area contributed by atoms with Crippen molar-refractivity contribution >= 4 is 39.5 Å². The lowest BCUT2D eigenvalue weighted by Gasteiger charge is -2.27. The Morgan fingerprint density at radius 2 is 1.06 bits per heavy atom. The predicted molar refractivity (Wildman–Crippen MR) is 196 cm³/mol. The van der Waals surface area contributed by atoms with Gasteiger partial charge >= 0.3 is 0 Å². The highest BCUT2D eigenvalue weighted by Crippen LogP contribution is 2.39. The van der Waals surface area contributed by atoms with Gasteiger partial charge < -0.3 is 34.8 Å². The smallest absolute Gasteiger partial charge is 0.119 e. The largest absolute Gasteiger partial charge is 0.491 e. The Kier molecular flexibility index (Phi) is 11.0. The van der Waals surface area contributed by atoms with Crippen molar-refractivity contribution in [1.29, 1.82) is 0 Å². The second-order valence-electron chi connectivity index (χ2n) is 11.7. The molecule has 6 aromatic carbocycles. The Labute approximate surface area is 286 Å². The summed E-state index contributed by atoms with van der Waals surface area (Å²) in [7, 11) is 0. The third kappa shape index (κ3) is 8.35. The molecule has 49 heavy (non-hydrogen) atoms. The molecule has 0 aromatic heterocycles. The molecule has 0 heterocycles. The Bertz CT molecular complexity index is 1890. The number of hydrogen-bond acceptors (Lipinski definition) is 7. The van der Waals surface area contributed by atoms with Gasteiger partial charge in [0.05, 0.1) is 18.9 Å². The third-order valence-electron chi connectivity index (χ3n) is 8.12. The summed E-state index contributed by atoms with van der Waals surface area (Å²) in [5, 5.41) is 40.0. The Balaban J connectivity index is 1.35. The number of hydrogen-bond donors (Lipinski definition) is 4. The number of aliphatic hydroxyl groups excluding tert-OH is 4. The molecule has 0 aliphatic heterocycles. The van der Waals surface area contributed by atoms with E-state index in [1.807, 2.05) is 66.7 Å². The van der Waals surface area contributed by atoms with Gasteiger partial charge in [0.1, 0.15) is 36.9 Å². The van der Waals surface area contributed by atoms with Crippen LogP contribution in [0.2, 0.25) is 0 Å². The fraction of sp³-hybridized carbons (Fsp3) is 0.143. The van der Waals surface area contributed by atoms with E-state index in [1.54, 1.807) is 0 Å². The number of fused-ring (bicyclic) bond motifs is 1. The van der Waals surface area contributed by atoms with Crippen molar-refractivity contribution in [2.45, 2.75) is 12.2 Å². The zero-order valence-corrected chi connectivity index (χ0v) is 27.0. The lowest BCUT2D eigenvalue weighted by Crippen LogP contribution is -2.21. The van der Waals surface area contributed by atoms with Gasteiger partial charge in [-0.25, -0.2) is 0 Å². The molecule has 0 bridgehead atoms. The van der Waals surface area contributed by atoms with Crippen molar-refractivity contribution in [3.63, 3.8) is 0 Å². The molecule has 7 heteroatoms. The maximum absolute atomic E-state index is 9.69. The highest BCUT2D eigenvalue weighted by atomic mass is 16.5. The van der Waals surface area contributed by atoms with E-state index in [4.69, 9.17) is 19.7 Å². The van der Waals surface area contributed by atoms with E-state index >= 15 is 0 Å². The number of nitrogens with zero attached hydrogens (tertiary/aromatic N) is 1. The van der Waals surface area contributed by atoms with E-state index < -0.39 is 12.2 Å². The van der Waals surface area contributed by atoms with Crippen LogP contribution < -0.4 is 14.4 Å². The van der Waals surface area contributed by atoms with Crippen LogP contribution in [0.15, 0.2) is 146 Å². The molecule has 6 aromatic rings. The number of rotatable bonds is 14. The summed E-state index contributed by atoms with van der Waals surface area (Å²) in [5.74, 6) is 1.17. The predicted octanol–water partition coefficient (Wildman–Crippen LogP) is 7.36. The topological polar surface area (TPSA) is 103 Å². The fourth-order valence-corrected chi connectivity index (χ4v) is 5.58. The first-order valence-corrected chi connectivity index (χ1v) is 16.2. The van der Waals surface area contributed by atoms with Gasteiger partial charge in [0.2, 0.25) is 0 Å². The summed E-state index contributed by atoms with van der Waals surface area (Å²) < 4.78 is 11.3. The molecule has 4 N–H and O–H groups in total. The molecular formula is C42H39NO6. The molecule has 0 spiro atoms. The molecule has 0 saturated heterocycles. The Hall–Kier alpha value is -5.44. The quantitative estimate of drug-likeness (QED) is 0.0912. The average Bonchev–Trinajstić information content (AvgIpc) is 3.16. The average molecular weight is 654 g/mol. The van der Waals surface area contributed by atoms with Crippen molar-refractivity contribution in [3.05, 3.63) is 162 Å². The first-order chi connectivity index (χ1) is 24.0. The normalized spacial score (nSPS) is 12.2. The summed E-state index contributed by atoms with van der Waals surface area (Å²) in [6, 6.07) is 48.8. The second-order valence-corrected chi connectivity index (χ2v) is 11.7.